The van der Waals surface area contributed by atoms with Gasteiger partial charge in [-0.2, -0.15) is 10.4 Å². The monoisotopic (exact) mass is 462 g/mol. The van der Waals surface area contributed by atoms with E-state index in [1.54, 1.807) is 17.7 Å². The number of nitrogens with one attached hydrogen (secondary N) is 1. The predicted octanol–water partition coefficient (Wildman–Crippen LogP) is 4.85. The Morgan fingerprint density at radius 3 is 2.52 bits per heavy atom. The summed E-state index contributed by atoms with van der Waals surface area (Å²) in [5, 5.41) is 17.0. The van der Waals surface area contributed by atoms with Gasteiger partial charge in [-0.1, -0.05) is 35.9 Å². The second-order valence-electron chi connectivity index (χ2n) is 7.56. The number of halogens is 1. The van der Waals surface area contributed by atoms with Gasteiger partial charge >= 0.3 is 5.97 Å². The zero-order valence-electron chi connectivity index (χ0n) is 18.8. The molecule has 168 valence electrons. The van der Waals surface area contributed by atoms with Crippen LogP contribution in [0.1, 0.15) is 28.1 Å². The maximum absolute atomic E-state index is 12.5. The first-order valence-electron chi connectivity index (χ1n) is 10.2. The molecule has 2 aromatic carbocycles. The molecular formula is C25H23ClN4O3. The van der Waals surface area contributed by atoms with E-state index in [-0.39, 0.29) is 5.57 Å². The molecule has 1 heterocycles. The molecule has 1 aromatic heterocycles. The fourth-order valence-electron chi connectivity index (χ4n) is 3.42. The summed E-state index contributed by atoms with van der Waals surface area (Å²) in [6.07, 6.45) is 1.43. The highest BCUT2D eigenvalue weighted by molar-refractivity contribution is 6.34. The van der Waals surface area contributed by atoms with E-state index in [2.05, 4.69) is 10.4 Å². The number of hydrogen-bond acceptors (Lipinski definition) is 5. The summed E-state index contributed by atoms with van der Waals surface area (Å²) in [7, 11) is 0. The third-order valence-corrected chi connectivity index (χ3v) is 5.31. The van der Waals surface area contributed by atoms with Crippen LogP contribution in [0.15, 0.2) is 48.0 Å². The summed E-state index contributed by atoms with van der Waals surface area (Å²) in [5.41, 5.74) is 4.90. The lowest BCUT2D eigenvalue weighted by atomic mass is 10.1. The molecule has 3 rings (SSSR count). The van der Waals surface area contributed by atoms with Gasteiger partial charge < -0.3 is 10.1 Å². The van der Waals surface area contributed by atoms with E-state index in [9.17, 15) is 14.9 Å². The van der Waals surface area contributed by atoms with Gasteiger partial charge in [-0.25, -0.2) is 9.48 Å². The molecule has 0 aliphatic heterocycles. The van der Waals surface area contributed by atoms with Crippen LogP contribution in [0, 0.1) is 39.0 Å². The van der Waals surface area contributed by atoms with Crippen molar-refractivity contribution in [3.63, 3.8) is 0 Å². The molecule has 0 bridgehead atoms. The van der Waals surface area contributed by atoms with Crippen LogP contribution in [0.4, 0.5) is 5.69 Å². The van der Waals surface area contributed by atoms with Crippen molar-refractivity contribution in [3.8, 4) is 11.8 Å². The van der Waals surface area contributed by atoms with Gasteiger partial charge in [0.1, 0.15) is 11.6 Å². The molecule has 1 N–H and O–H groups in total. The second-order valence-corrected chi connectivity index (χ2v) is 7.97. The number of nitriles is 1. The summed E-state index contributed by atoms with van der Waals surface area (Å²) in [4.78, 5) is 24.7. The van der Waals surface area contributed by atoms with E-state index in [0.717, 1.165) is 22.5 Å². The fraction of sp³-hybridized carbons (Fsp3) is 0.200. The lowest BCUT2D eigenvalue weighted by Gasteiger charge is -2.11. The summed E-state index contributed by atoms with van der Waals surface area (Å²) < 4.78 is 6.80. The number of anilines is 1. The van der Waals surface area contributed by atoms with Crippen molar-refractivity contribution in [2.45, 2.75) is 27.7 Å². The number of aromatic nitrogens is 2. The van der Waals surface area contributed by atoms with E-state index < -0.39 is 18.5 Å². The zero-order valence-corrected chi connectivity index (χ0v) is 19.5. The van der Waals surface area contributed by atoms with E-state index in [1.165, 1.54) is 6.08 Å². The molecule has 0 unspecified atom stereocenters. The quantitative estimate of drug-likeness (QED) is 0.321. The van der Waals surface area contributed by atoms with Gasteiger partial charge in [0.05, 0.1) is 22.1 Å². The highest BCUT2D eigenvalue weighted by Crippen LogP contribution is 2.27. The number of carbonyl (C=O) groups is 2. The Hall–Kier alpha value is -3.89. The molecule has 3 aromatic rings. The first-order valence-corrected chi connectivity index (χ1v) is 10.6. The summed E-state index contributed by atoms with van der Waals surface area (Å²) in [5.74, 6) is -1.45. The van der Waals surface area contributed by atoms with Crippen LogP contribution in [0.25, 0.3) is 11.8 Å². The van der Waals surface area contributed by atoms with Crippen molar-refractivity contribution in [3.05, 3.63) is 81.1 Å². The van der Waals surface area contributed by atoms with E-state index >= 15 is 0 Å². The molecule has 0 saturated heterocycles. The van der Waals surface area contributed by atoms with Gasteiger partial charge in [0.15, 0.2) is 6.61 Å². The Kier molecular flexibility index (Phi) is 7.31. The number of aryl methyl sites for hydroxylation is 3. The SMILES string of the molecule is Cc1cc(C)c(NC(=O)COC(=O)/C(C#N)=C\c2c(C)nn(-c3ccccc3)c2C)c(Cl)c1. The van der Waals surface area contributed by atoms with Crippen LogP contribution in [0.5, 0.6) is 0 Å². The van der Waals surface area contributed by atoms with Crippen molar-refractivity contribution in [2.24, 2.45) is 0 Å². The molecule has 0 saturated carbocycles. The Morgan fingerprint density at radius 1 is 1.18 bits per heavy atom. The Morgan fingerprint density at radius 2 is 1.88 bits per heavy atom. The number of nitrogens with zero attached hydrogens (tertiary/aromatic N) is 3. The van der Waals surface area contributed by atoms with Crippen molar-refractivity contribution in [2.75, 3.05) is 11.9 Å². The molecule has 0 spiro atoms. The van der Waals surface area contributed by atoms with Crippen LogP contribution < -0.4 is 5.32 Å². The molecule has 0 aliphatic rings. The summed E-state index contributed by atoms with van der Waals surface area (Å²) >= 11 is 6.20. The number of hydrogen-bond donors (Lipinski definition) is 1. The molecule has 33 heavy (non-hydrogen) atoms. The molecule has 7 nitrogen and oxygen atoms in total. The van der Waals surface area contributed by atoms with Crippen molar-refractivity contribution >= 4 is 35.2 Å². The van der Waals surface area contributed by atoms with Crippen LogP contribution >= 0.6 is 11.6 Å². The van der Waals surface area contributed by atoms with Crippen LogP contribution in [0.2, 0.25) is 5.02 Å². The minimum absolute atomic E-state index is 0.230. The number of benzene rings is 2. The Balaban J connectivity index is 1.73. The number of para-hydroxylation sites is 1. The van der Waals surface area contributed by atoms with Gasteiger partial charge in [-0.3, -0.25) is 4.79 Å². The Labute approximate surface area is 197 Å². The van der Waals surface area contributed by atoms with Crippen LogP contribution in [-0.4, -0.2) is 28.3 Å². The molecule has 0 radical (unpaired) electrons. The fourth-order valence-corrected chi connectivity index (χ4v) is 3.79. The van der Waals surface area contributed by atoms with Gasteiger partial charge in [0, 0.05) is 11.3 Å². The summed E-state index contributed by atoms with van der Waals surface area (Å²) in [6, 6.07) is 15.0. The molecular weight excluding hydrogens is 440 g/mol. The average Bonchev–Trinajstić information content (AvgIpc) is 3.06. The van der Waals surface area contributed by atoms with Crippen molar-refractivity contribution < 1.29 is 14.3 Å². The first-order chi connectivity index (χ1) is 15.7. The van der Waals surface area contributed by atoms with Gasteiger partial charge in [-0.05, 0) is 63.1 Å². The second kappa shape index (κ2) is 10.2. The third-order valence-electron chi connectivity index (χ3n) is 5.01. The third kappa shape index (κ3) is 5.48. The maximum atomic E-state index is 12.5. The van der Waals surface area contributed by atoms with Crippen LogP contribution in [-0.2, 0) is 14.3 Å². The van der Waals surface area contributed by atoms with Crippen LogP contribution in [0.3, 0.4) is 0 Å². The van der Waals surface area contributed by atoms with E-state index in [1.807, 2.05) is 63.2 Å². The highest BCUT2D eigenvalue weighted by Gasteiger charge is 2.18. The van der Waals surface area contributed by atoms with Gasteiger partial charge in [-0.15, -0.1) is 0 Å². The predicted molar refractivity (Wildman–Crippen MR) is 127 cm³/mol. The average molecular weight is 463 g/mol. The van der Waals surface area contributed by atoms with Gasteiger partial charge in [0.25, 0.3) is 5.91 Å². The largest absolute Gasteiger partial charge is 0.451 e. The van der Waals surface area contributed by atoms with E-state index in [4.69, 9.17) is 16.3 Å². The molecule has 8 heteroatoms. The highest BCUT2D eigenvalue weighted by atomic mass is 35.5. The Bertz CT molecular complexity index is 1260. The first kappa shape index (κ1) is 23.8. The number of esters is 1. The molecule has 1 amide bonds. The normalized spacial score (nSPS) is 11.1. The molecule has 0 fully saturated rings. The number of ether oxygens (including phenoxy) is 1. The van der Waals surface area contributed by atoms with E-state index in [0.29, 0.717) is 22.0 Å². The minimum atomic E-state index is -0.898. The molecule has 0 aliphatic carbocycles. The smallest absolute Gasteiger partial charge is 0.349 e. The topological polar surface area (TPSA) is 97.0 Å². The summed E-state index contributed by atoms with van der Waals surface area (Å²) in [6.45, 7) is 6.80. The van der Waals surface area contributed by atoms with Crippen molar-refractivity contribution in [1.29, 1.82) is 5.26 Å². The van der Waals surface area contributed by atoms with Gasteiger partial charge in [0.2, 0.25) is 0 Å². The van der Waals surface area contributed by atoms with Crippen molar-refractivity contribution in [1.82, 2.24) is 9.78 Å². The number of amides is 1. The standard InChI is InChI=1S/C25H23ClN4O3/c1-15-10-16(2)24(22(26)11-15)28-23(31)14-33-25(32)19(13-27)12-21-17(3)29-30(18(21)4)20-8-6-5-7-9-20/h5-12H,14H2,1-4H3,(H,28,31)/b19-12-. The lowest BCUT2D eigenvalue weighted by molar-refractivity contribution is -0.142. The zero-order chi connectivity index (χ0) is 24.1. The number of rotatable bonds is 6. The molecule has 0 atom stereocenters. The maximum Gasteiger partial charge on any atom is 0.349 e. The lowest BCUT2D eigenvalue weighted by Crippen LogP contribution is -2.22. The minimum Gasteiger partial charge on any atom is -0.451 e. The number of carbonyl (C=O) groups excluding carboxylic acids is 2.